The molecule has 0 radical (unpaired) electrons. The predicted octanol–water partition coefficient (Wildman–Crippen LogP) is 1.71. The first-order valence-corrected chi connectivity index (χ1v) is 12.6. The summed E-state index contributed by atoms with van der Waals surface area (Å²) in [5.74, 6) is -0.200. The molecule has 2 aliphatic heterocycles. The summed E-state index contributed by atoms with van der Waals surface area (Å²) in [6, 6.07) is 1.93. The zero-order chi connectivity index (χ0) is 24.2. The topological polar surface area (TPSA) is 143 Å². The van der Waals surface area contributed by atoms with Gasteiger partial charge in [-0.25, -0.2) is 17.9 Å². The van der Waals surface area contributed by atoms with E-state index in [1.165, 1.54) is 25.3 Å². The summed E-state index contributed by atoms with van der Waals surface area (Å²) in [6.45, 7) is 4.25. The summed E-state index contributed by atoms with van der Waals surface area (Å²) in [5, 5.41) is 2.02. The van der Waals surface area contributed by atoms with E-state index in [4.69, 9.17) is 9.47 Å². The Kier molecular flexibility index (Phi) is 7.87. The van der Waals surface area contributed by atoms with Crippen molar-refractivity contribution >= 4 is 39.1 Å². The van der Waals surface area contributed by atoms with E-state index >= 15 is 0 Å². The number of amides is 4. The molecule has 0 fully saturated rings. The number of imide groups is 1. The quantitative estimate of drug-likeness (QED) is 0.479. The van der Waals surface area contributed by atoms with Crippen molar-refractivity contribution in [2.45, 2.75) is 37.1 Å². The van der Waals surface area contributed by atoms with Crippen molar-refractivity contribution in [3.8, 4) is 11.5 Å². The van der Waals surface area contributed by atoms with Gasteiger partial charge in [-0.2, -0.15) is 0 Å². The second-order valence-corrected chi connectivity index (χ2v) is 9.94. The zero-order valence-corrected chi connectivity index (χ0v) is 20.0. The molecule has 11 nitrogen and oxygen atoms in total. The monoisotopic (exact) mass is 498 g/mol. The number of fused-ring (bicyclic) bond motifs is 1. The Balaban J connectivity index is 1.92. The number of nitrogens with one attached hydrogen (secondary N) is 3. The molecule has 4 amide bonds. The largest absolute Gasteiger partial charge is 0.493 e. The predicted molar refractivity (Wildman–Crippen MR) is 122 cm³/mol. The molecule has 0 aromatic heterocycles. The fourth-order valence-corrected chi connectivity index (χ4v) is 5.37. The van der Waals surface area contributed by atoms with Crippen molar-refractivity contribution in [3.05, 3.63) is 29.8 Å². The van der Waals surface area contributed by atoms with E-state index in [1.807, 2.05) is 4.72 Å². The Morgan fingerprint density at radius 2 is 2.12 bits per heavy atom. The standard InChI is InChI=1S/C20H26N4O7S2/c1-4-30-16-11-15-14(10-17(16)33(28,29)23-20(27)32-21-3)13(7-9-31-15)12(2)22-19(26)24-8-5-6-18(24)25/h5-6,10-13,21H,4,7-9H2,1-3H3,(H,22,26)(H,23,27). The lowest BCUT2D eigenvalue weighted by atomic mass is 9.87. The van der Waals surface area contributed by atoms with Gasteiger partial charge in [-0.15, -0.1) is 0 Å². The van der Waals surface area contributed by atoms with Crippen LogP contribution < -0.4 is 24.2 Å². The maximum atomic E-state index is 12.9. The summed E-state index contributed by atoms with van der Waals surface area (Å²) in [4.78, 5) is 37.1. The van der Waals surface area contributed by atoms with Crippen molar-refractivity contribution in [3.63, 3.8) is 0 Å². The number of urea groups is 1. The third-order valence-corrected chi connectivity index (χ3v) is 7.15. The summed E-state index contributed by atoms with van der Waals surface area (Å²) in [7, 11) is -2.76. The normalized spacial score (nSPS) is 18.3. The zero-order valence-electron chi connectivity index (χ0n) is 18.4. The van der Waals surface area contributed by atoms with Gasteiger partial charge in [0, 0.05) is 48.2 Å². The van der Waals surface area contributed by atoms with Gasteiger partial charge in [0.15, 0.2) is 0 Å². The molecule has 3 rings (SSSR count). The highest BCUT2D eigenvalue weighted by Gasteiger charge is 2.33. The van der Waals surface area contributed by atoms with Crippen LogP contribution >= 0.6 is 11.9 Å². The molecule has 2 aliphatic rings. The molecule has 1 aromatic rings. The summed E-state index contributed by atoms with van der Waals surface area (Å²) < 4.78 is 41.7. The average molecular weight is 499 g/mol. The van der Waals surface area contributed by atoms with Gasteiger partial charge in [0.25, 0.3) is 15.9 Å². The molecular weight excluding hydrogens is 472 g/mol. The summed E-state index contributed by atoms with van der Waals surface area (Å²) in [6.07, 6.45) is 3.44. The molecule has 3 N–H and O–H groups in total. The Morgan fingerprint density at radius 1 is 1.36 bits per heavy atom. The van der Waals surface area contributed by atoms with E-state index in [1.54, 1.807) is 19.9 Å². The number of hydrogen-bond donors (Lipinski definition) is 3. The SMILES string of the molecule is CCOc1cc2c(cc1S(=O)(=O)NC(=O)SNC)C(C(C)NC(=O)N1CC=CC1=O)CCO2. The van der Waals surface area contributed by atoms with E-state index in [-0.39, 0.29) is 29.7 Å². The number of ether oxygens (including phenoxy) is 2. The van der Waals surface area contributed by atoms with E-state index in [2.05, 4.69) is 10.0 Å². The summed E-state index contributed by atoms with van der Waals surface area (Å²) in [5.41, 5.74) is 0.553. The highest BCUT2D eigenvalue weighted by Crippen LogP contribution is 2.41. The minimum absolute atomic E-state index is 0.0529. The van der Waals surface area contributed by atoms with Crippen molar-refractivity contribution < 1.29 is 32.3 Å². The number of sulfonamides is 1. The van der Waals surface area contributed by atoms with Gasteiger partial charge in [0.1, 0.15) is 16.4 Å². The smallest absolute Gasteiger partial charge is 0.324 e. The van der Waals surface area contributed by atoms with Crippen molar-refractivity contribution in [2.75, 3.05) is 26.8 Å². The van der Waals surface area contributed by atoms with Crippen LogP contribution in [0.3, 0.4) is 0 Å². The van der Waals surface area contributed by atoms with Crippen LogP contribution in [0.1, 0.15) is 31.7 Å². The first-order valence-electron chi connectivity index (χ1n) is 10.3. The molecule has 33 heavy (non-hydrogen) atoms. The van der Waals surface area contributed by atoms with Gasteiger partial charge in [0.05, 0.1) is 13.2 Å². The van der Waals surface area contributed by atoms with Crippen LogP contribution in [0.5, 0.6) is 11.5 Å². The molecule has 0 spiro atoms. The van der Waals surface area contributed by atoms with Crippen LogP contribution in [0.2, 0.25) is 0 Å². The second-order valence-electron chi connectivity index (χ2n) is 7.30. The molecule has 0 saturated heterocycles. The number of nitrogens with zero attached hydrogens (tertiary/aromatic N) is 1. The van der Waals surface area contributed by atoms with Crippen molar-refractivity contribution in [1.29, 1.82) is 0 Å². The van der Waals surface area contributed by atoms with E-state index < -0.39 is 33.2 Å². The highest BCUT2D eigenvalue weighted by atomic mass is 32.2. The van der Waals surface area contributed by atoms with Crippen LogP contribution in [0.25, 0.3) is 0 Å². The van der Waals surface area contributed by atoms with Crippen LogP contribution in [0.4, 0.5) is 9.59 Å². The number of carbonyl (C=O) groups is 3. The van der Waals surface area contributed by atoms with Gasteiger partial charge in [-0.1, -0.05) is 6.08 Å². The van der Waals surface area contributed by atoms with E-state index in [9.17, 15) is 22.8 Å². The first kappa shape index (κ1) is 24.9. The van der Waals surface area contributed by atoms with Crippen molar-refractivity contribution in [2.24, 2.45) is 0 Å². The van der Waals surface area contributed by atoms with E-state index in [0.717, 1.165) is 4.90 Å². The maximum absolute atomic E-state index is 12.9. The third kappa shape index (κ3) is 5.60. The van der Waals surface area contributed by atoms with Crippen molar-refractivity contribution in [1.82, 2.24) is 19.7 Å². The molecule has 2 unspecified atom stereocenters. The number of rotatable bonds is 7. The van der Waals surface area contributed by atoms with E-state index in [0.29, 0.717) is 36.3 Å². The first-order chi connectivity index (χ1) is 15.7. The molecule has 2 atom stereocenters. The Labute approximate surface area is 196 Å². The highest BCUT2D eigenvalue weighted by molar-refractivity contribution is 8.13. The fourth-order valence-electron chi connectivity index (χ4n) is 3.69. The summed E-state index contributed by atoms with van der Waals surface area (Å²) >= 11 is 0.596. The maximum Gasteiger partial charge on any atom is 0.324 e. The molecular formula is C20H26N4O7S2. The molecule has 1 aromatic carbocycles. The molecule has 0 bridgehead atoms. The van der Waals surface area contributed by atoms with Gasteiger partial charge < -0.3 is 14.8 Å². The Morgan fingerprint density at radius 3 is 2.76 bits per heavy atom. The molecule has 0 aliphatic carbocycles. The van der Waals surface area contributed by atoms with Gasteiger partial charge >= 0.3 is 11.3 Å². The molecule has 0 saturated carbocycles. The van der Waals surface area contributed by atoms with Crippen LogP contribution in [-0.4, -0.2) is 63.3 Å². The lowest BCUT2D eigenvalue weighted by Gasteiger charge is -2.32. The Hall–Kier alpha value is -2.77. The lowest BCUT2D eigenvalue weighted by Crippen LogP contribution is -2.47. The molecule has 13 heteroatoms. The average Bonchev–Trinajstić information content (AvgIpc) is 3.18. The second kappa shape index (κ2) is 10.4. The van der Waals surface area contributed by atoms with Gasteiger partial charge in [-0.3, -0.25) is 19.2 Å². The van der Waals surface area contributed by atoms with Crippen LogP contribution in [0, 0.1) is 0 Å². The minimum atomic E-state index is -4.25. The van der Waals surface area contributed by atoms with Crippen LogP contribution in [0.15, 0.2) is 29.2 Å². The number of carbonyl (C=O) groups excluding carboxylic acids is 3. The molecule has 180 valence electrons. The van der Waals surface area contributed by atoms with Gasteiger partial charge in [-0.05, 0) is 33.4 Å². The number of benzene rings is 1. The number of hydrogen-bond acceptors (Lipinski definition) is 9. The van der Waals surface area contributed by atoms with Crippen LogP contribution in [-0.2, 0) is 14.8 Å². The van der Waals surface area contributed by atoms with Gasteiger partial charge in [0.2, 0.25) is 0 Å². The fraction of sp³-hybridized carbons (Fsp3) is 0.450. The lowest BCUT2D eigenvalue weighted by molar-refractivity contribution is -0.122. The third-order valence-electron chi connectivity index (χ3n) is 5.18. The minimum Gasteiger partial charge on any atom is -0.493 e. The Bertz CT molecular complexity index is 1070. The molecule has 2 heterocycles.